The average molecular weight is 516 g/mol. The highest BCUT2D eigenvalue weighted by Crippen LogP contribution is 2.16. The van der Waals surface area contributed by atoms with Crippen LogP contribution in [-0.2, 0) is 0 Å². The third-order valence-corrected chi connectivity index (χ3v) is 8.13. The number of hydrogen-bond donors (Lipinski definition) is 1. The van der Waals surface area contributed by atoms with E-state index in [1.807, 2.05) is 0 Å². The lowest BCUT2D eigenvalue weighted by Crippen LogP contribution is -3.10. The summed E-state index contributed by atoms with van der Waals surface area (Å²) in [7, 11) is 4.77. The van der Waals surface area contributed by atoms with Crippen molar-refractivity contribution >= 4 is 0 Å². The fraction of sp³-hybridized carbons (Fsp3) is 1.00. The third kappa shape index (κ3) is 30.4. The molecule has 0 aromatic carbocycles. The summed E-state index contributed by atoms with van der Waals surface area (Å²) in [4.78, 5) is 1.69. The molecule has 0 aromatic heterocycles. The van der Waals surface area contributed by atoms with Crippen LogP contribution in [0.1, 0.15) is 194 Å². The summed E-state index contributed by atoms with van der Waals surface area (Å²) in [5, 5.41) is 0. The first-order valence-electron chi connectivity index (χ1n) is 16.5. The van der Waals surface area contributed by atoms with E-state index < -0.39 is 0 Å². The Morgan fingerprint density at radius 1 is 0.343 bits per heavy atom. The van der Waals surface area contributed by atoms with Gasteiger partial charge in [0.2, 0.25) is 0 Å². The molecule has 0 aliphatic carbocycles. The summed E-state index contributed by atoms with van der Waals surface area (Å²) in [6.07, 6.45) is 41.0. The van der Waals surface area contributed by atoms with Gasteiger partial charge < -0.3 is 17.3 Å². The molecule has 0 fully saturated rings. The number of nitrogens with one attached hydrogen (secondary N) is 1. The standard InChI is InChI=1S/C33H69N.ClH/c1-5-7-9-11-13-15-17-19-21-23-25-27-29-31-33(34(3)4)32-30-28-26-24-22-20-18-16-14-12-10-8-6-2;/h33H,5-32H2,1-4H3;1H. The van der Waals surface area contributed by atoms with Gasteiger partial charge in [0.15, 0.2) is 0 Å². The van der Waals surface area contributed by atoms with Crippen molar-refractivity contribution < 1.29 is 17.3 Å². The Morgan fingerprint density at radius 3 is 0.743 bits per heavy atom. The molecule has 0 aromatic rings. The van der Waals surface area contributed by atoms with Gasteiger partial charge in [0.05, 0.1) is 20.1 Å². The normalized spacial score (nSPS) is 11.5. The summed E-state index contributed by atoms with van der Waals surface area (Å²) < 4.78 is 0. The molecule has 1 N–H and O–H groups in total. The van der Waals surface area contributed by atoms with Gasteiger partial charge >= 0.3 is 0 Å². The van der Waals surface area contributed by atoms with Gasteiger partial charge in [-0.2, -0.15) is 0 Å². The average Bonchev–Trinajstić information content (AvgIpc) is 2.83. The summed E-state index contributed by atoms with van der Waals surface area (Å²) in [5.41, 5.74) is 0. The van der Waals surface area contributed by atoms with Crippen molar-refractivity contribution in [3.05, 3.63) is 0 Å². The predicted octanol–water partition coefficient (Wildman–Crippen LogP) is 7.47. The summed E-state index contributed by atoms with van der Waals surface area (Å²) in [5.74, 6) is 0. The Kier molecular flexibility index (Phi) is 34.5. The van der Waals surface area contributed by atoms with Gasteiger partial charge in [-0.3, -0.25) is 0 Å². The van der Waals surface area contributed by atoms with Crippen LogP contribution in [0.5, 0.6) is 0 Å². The molecular weight excluding hydrogens is 446 g/mol. The molecule has 214 valence electrons. The number of halogens is 1. The second kappa shape index (κ2) is 32.3. The molecule has 0 saturated heterocycles. The molecule has 1 nitrogen and oxygen atoms in total. The maximum atomic E-state index is 2.38. The van der Waals surface area contributed by atoms with Crippen molar-refractivity contribution in [1.82, 2.24) is 0 Å². The van der Waals surface area contributed by atoms with Crippen molar-refractivity contribution in [2.75, 3.05) is 14.1 Å². The first-order valence-corrected chi connectivity index (χ1v) is 16.5. The molecule has 0 spiro atoms. The van der Waals surface area contributed by atoms with E-state index in [0.29, 0.717) is 0 Å². The van der Waals surface area contributed by atoms with E-state index in [-0.39, 0.29) is 12.4 Å². The van der Waals surface area contributed by atoms with Crippen LogP contribution >= 0.6 is 0 Å². The zero-order chi connectivity index (χ0) is 25.0. The SMILES string of the molecule is CCCCCCCCCCCCCCCC(CCCCCCCCCCCCCCC)[NH+](C)C.[Cl-]. The minimum atomic E-state index is 0. The molecule has 0 unspecified atom stereocenters. The lowest BCUT2D eigenvalue weighted by Gasteiger charge is -2.21. The fourth-order valence-electron chi connectivity index (χ4n) is 5.54. The van der Waals surface area contributed by atoms with E-state index >= 15 is 0 Å². The van der Waals surface area contributed by atoms with Gasteiger partial charge in [0.1, 0.15) is 0 Å². The maximum Gasteiger partial charge on any atom is 0.0870 e. The number of hydrogen-bond acceptors (Lipinski definition) is 0. The fourth-order valence-corrected chi connectivity index (χ4v) is 5.54. The Labute approximate surface area is 230 Å². The van der Waals surface area contributed by atoms with Crippen molar-refractivity contribution in [3.63, 3.8) is 0 Å². The zero-order valence-electron chi connectivity index (χ0n) is 25.3. The van der Waals surface area contributed by atoms with Crippen LogP contribution in [0.25, 0.3) is 0 Å². The Morgan fingerprint density at radius 2 is 0.543 bits per heavy atom. The highest BCUT2D eigenvalue weighted by Gasteiger charge is 2.13. The highest BCUT2D eigenvalue weighted by atomic mass is 35.5. The lowest BCUT2D eigenvalue weighted by molar-refractivity contribution is -0.886. The second-order valence-electron chi connectivity index (χ2n) is 11.8. The molecular formula is C33H70ClN. The van der Waals surface area contributed by atoms with Gasteiger partial charge in [-0.1, -0.05) is 168 Å². The number of rotatable bonds is 29. The van der Waals surface area contributed by atoms with Gasteiger partial charge in [-0.25, -0.2) is 0 Å². The van der Waals surface area contributed by atoms with E-state index in [9.17, 15) is 0 Å². The largest absolute Gasteiger partial charge is 1.00 e. The van der Waals surface area contributed by atoms with Crippen molar-refractivity contribution in [3.8, 4) is 0 Å². The summed E-state index contributed by atoms with van der Waals surface area (Å²) >= 11 is 0. The lowest BCUT2D eigenvalue weighted by atomic mass is 9.99. The van der Waals surface area contributed by atoms with Crippen LogP contribution in [0, 0.1) is 0 Å². The van der Waals surface area contributed by atoms with Gasteiger partial charge in [-0.15, -0.1) is 0 Å². The molecule has 0 saturated carbocycles. The quantitative estimate of drug-likeness (QED) is 0.0985. The molecule has 0 bridgehead atoms. The molecule has 0 aliphatic heterocycles. The monoisotopic (exact) mass is 516 g/mol. The van der Waals surface area contributed by atoms with Gasteiger partial charge in [-0.05, 0) is 25.7 Å². The molecule has 2 heteroatoms. The van der Waals surface area contributed by atoms with Crippen LogP contribution in [-0.4, -0.2) is 20.1 Å². The topological polar surface area (TPSA) is 4.44 Å². The van der Waals surface area contributed by atoms with E-state index in [1.54, 1.807) is 4.90 Å². The maximum absolute atomic E-state index is 2.38. The molecule has 0 amide bonds. The van der Waals surface area contributed by atoms with E-state index in [1.165, 1.54) is 180 Å². The number of quaternary nitrogens is 1. The van der Waals surface area contributed by atoms with Crippen molar-refractivity contribution in [2.24, 2.45) is 0 Å². The van der Waals surface area contributed by atoms with Crippen LogP contribution in [0.2, 0.25) is 0 Å². The van der Waals surface area contributed by atoms with Gasteiger partial charge in [0.25, 0.3) is 0 Å². The Bertz CT molecular complexity index is 327. The van der Waals surface area contributed by atoms with Crippen LogP contribution in [0.3, 0.4) is 0 Å². The van der Waals surface area contributed by atoms with Crippen LogP contribution in [0.15, 0.2) is 0 Å². The minimum Gasteiger partial charge on any atom is -1.00 e. The smallest absolute Gasteiger partial charge is 0.0870 e. The van der Waals surface area contributed by atoms with E-state index in [2.05, 4.69) is 27.9 Å². The molecule has 0 atom stereocenters. The second-order valence-corrected chi connectivity index (χ2v) is 11.8. The number of unbranched alkanes of at least 4 members (excludes halogenated alkanes) is 24. The summed E-state index contributed by atoms with van der Waals surface area (Å²) in [6.45, 7) is 4.62. The zero-order valence-corrected chi connectivity index (χ0v) is 26.0. The first kappa shape index (κ1) is 37.4. The minimum absolute atomic E-state index is 0. The molecule has 0 heterocycles. The van der Waals surface area contributed by atoms with Gasteiger partial charge in [0, 0.05) is 0 Å². The molecule has 0 radical (unpaired) electrons. The molecule has 0 rings (SSSR count). The highest BCUT2D eigenvalue weighted by molar-refractivity contribution is 4.58. The first-order chi connectivity index (χ1) is 16.7. The van der Waals surface area contributed by atoms with Crippen molar-refractivity contribution in [2.45, 2.75) is 200 Å². The van der Waals surface area contributed by atoms with Crippen molar-refractivity contribution in [1.29, 1.82) is 0 Å². The molecule has 0 aliphatic rings. The molecule has 35 heavy (non-hydrogen) atoms. The predicted molar refractivity (Wildman–Crippen MR) is 157 cm³/mol. The Hall–Kier alpha value is 0.250. The van der Waals surface area contributed by atoms with E-state index in [4.69, 9.17) is 0 Å². The Balaban J connectivity index is 0. The summed E-state index contributed by atoms with van der Waals surface area (Å²) in [6, 6.07) is 0.903. The third-order valence-electron chi connectivity index (χ3n) is 8.13. The van der Waals surface area contributed by atoms with Crippen LogP contribution in [0.4, 0.5) is 0 Å². The van der Waals surface area contributed by atoms with E-state index in [0.717, 1.165) is 6.04 Å². The van der Waals surface area contributed by atoms with Crippen LogP contribution < -0.4 is 17.3 Å².